The third kappa shape index (κ3) is 3.00. The van der Waals surface area contributed by atoms with Crippen LogP contribution in [0.5, 0.6) is 0 Å². The highest BCUT2D eigenvalue weighted by Crippen LogP contribution is 2.35. The van der Waals surface area contributed by atoms with Crippen LogP contribution in [0.25, 0.3) is 23.4 Å². The summed E-state index contributed by atoms with van der Waals surface area (Å²) in [6, 6.07) is 8.69. The van der Waals surface area contributed by atoms with Crippen LogP contribution < -0.4 is 5.32 Å². The molecule has 0 fully saturated rings. The number of hydrogen-bond acceptors (Lipinski definition) is 4. The molecule has 2 N–H and O–H groups in total. The van der Waals surface area contributed by atoms with Gasteiger partial charge in [0.1, 0.15) is 5.69 Å². The van der Waals surface area contributed by atoms with Crippen molar-refractivity contribution in [3.8, 4) is 11.3 Å². The fraction of sp³-hybridized carbons (Fsp3) is 0.182. The minimum absolute atomic E-state index is 0.0487. The smallest absolute Gasteiger partial charge is 0.335 e. The average Bonchev–Trinajstić information content (AvgIpc) is 3.13. The van der Waals surface area contributed by atoms with Gasteiger partial charge in [-0.25, -0.2) is 4.79 Å². The van der Waals surface area contributed by atoms with Crippen molar-refractivity contribution in [3.63, 3.8) is 0 Å². The summed E-state index contributed by atoms with van der Waals surface area (Å²) in [6.45, 7) is 1.29. The van der Waals surface area contributed by atoms with Gasteiger partial charge in [-0.1, -0.05) is 18.2 Å². The van der Waals surface area contributed by atoms with Gasteiger partial charge in [0, 0.05) is 23.9 Å². The fourth-order valence-corrected chi connectivity index (χ4v) is 3.92. The van der Waals surface area contributed by atoms with Crippen molar-refractivity contribution in [2.75, 3.05) is 6.54 Å². The van der Waals surface area contributed by atoms with E-state index < -0.39 is 5.97 Å². The molecular formula is C22H18N4O3. The summed E-state index contributed by atoms with van der Waals surface area (Å²) in [5, 5.41) is 16.6. The number of carbonyl (C=O) groups is 2. The second-order valence-corrected chi connectivity index (χ2v) is 7.18. The Morgan fingerprint density at radius 3 is 2.79 bits per heavy atom. The summed E-state index contributed by atoms with van der Waals surface area (Å²) in [5.41, 5.74) is 6.67. The summed E-state index contributed by atoms with van der Waals surface area (Å²) >= 11 is 0. The topological polar surface area (TPSA) is 97.1 Å². The number of aryl methyl sites for hydroxylation is 1. The summed E-state index contributed by atoms with van der Waals surface area (Å²) in [7, 11) is 0. The number of fused-ring (bicyclic) bond motifs is 5. The van der Waals surface area contributed by atoms with Crippen molar-refractivity contribution in [1.82, 2.24) is 20.1 Å². The van der Waals surface area contributed by atoms with E-state index in [0.29, 0.717) is 18.8 Å². The van der Waals surface area contributed by atoms with Crippen molar-refractivity contribution < 1.29 is 14.7 Å². The van der Waals surface area contributed by atoms with Gasteiger partial charge in [0.05, 0.1) is 23.5 Å². The number of amides is 1. The minimum Gasteiger partial charge on any atom is -0.478 e. The molecule has 0 bridgehead atoms. The lowest BCUT2D eigenvalue weighted by atomic mass is 9.89. The molecule has 2 aromatic heterocycles. The SMILES string of the molecule is O=C(O)c1ccc(/C=C/c2cc3c(cn2)CCc2c-3nn3c2C(=O)NCC3)cc1. The number of hydrogen-bond donors (Lipinski definition) is 2. The largest absolute Gasteiger partial charge is 0.478 e. The number of aromatic nitrogens is 3. The van der Waals surface area contributed by atoms with E-state index in [0.717, 1.165) is 46.5 Å². The number of carboxylic acids is 1. The molecule has 3 aromatic rings. The van der Waals surface area contributed by atoms with Crippen molar-refractivity contribution in [1.29, 1.82) is 0 Å². The summed E-state index contributed by atoms with van der Waals surface area (Å²) in [6.07, 6.45) is 7.30. The molecule has 0 unspecified atom stereocenters. The van der Waals surface area contributed by atoms with Gasteiger partial charge in [-0.3, -0.25) is 14.5 Å². The van der Waals surface area contributed by atoms with E-state index >= 15 is 0 Å². The third-order valence-electron chi connectivity index (χ3n) is 5.39. The molecule has 2 aliphatic rings. The average molecular weight is 386 g/mol. The first kappa shape index (κ1) is 17.4. The number of pyridine rings is 1. The summed E-state index contributed by atoms with van der Waals surface area (Å²) in [5.74, 6) is -0.989. The van der Waals surface area contributed by atoms with E-state index in [1.54, 1.807) is 24.3 Å². The zero-order valence-corrected chi connectivity index (χ0v) is 15.6. The van der Waals surface area contributed by atoms with Gasteiger partial charge in [-0.2, -0.15) is 5.10 Å². The Bertz CT molecular complexity index is 1180. The molecule has 1 amide bonds. The Balaban J connectivity index is 1.48. The van der Waals surface area contributed by atoms with Crippen LogP contribution in [-0.4, -0.2) is 38.3 Å². The van der Waals surface area contributed by atoms with Gasteiger partial charge in [-0.05, 0) is 48.2 Å². The Morgan fingerprint density at radius 2 is 2.00 bits per heavy atom. The molecule has 29 heavy (non-hydrogen) atoms. The van der Waals surface area contributed by atoms with Crippen molar-refractivity contribution in [2.45, 2.75) is 19.4 Å². The lowest BCUT2D eigenvalue weighted by Crippen LogP contribution is -2.36. The molecule has 0 atom stereocenters. The van der Waals surface area contributed by atoms with Gasteiger partial charge in [0.25, 0.3) is 5.91 Å². The summed E-state index contributed by atoms with van der Waals surface area (Å²) < 4.78 is 1.82. The van der Waals surface area contributed by atoms with E-state index in [1.165, 1.54) is 0 Å². The van der Waals surface area contributed by atoms with E-state index in [1.807, 2.05) is 29.1 Å². The molecule has 0 saturated heterocycles. The third-order valence-corrected chi connectivity index (χ3v) is 5.39. The van der Waals surface area contributed by atoms with Gasteiger partial charge < -0.3 is 10.4 Å². The monoisotopic (exact) mass is 386 g/mol. The molecule has 1 aliphatic heterocycles. The van der Waals surface area contributed by atoms with Gasteiger partial charge >= 0.3 is 5.97 Å². The molecule has 144 valence electrons. The highest BCUT2D eigenvalue weighted by atomic mass is 16.4. The molecule has 0 saturated carbocycles. The molecule has 1 aromatic carbocycles. The number of benzene rings is 1. The highest BCUT2D eigenvalue weighted by Gasteiger charge is 2.30. The first-order valence-corrected chi connectivity index (χ1v) is 9.49. The normalized spacial score (nSPS) is 14.8. The zero-order valence-electron chi connectivity index (χ0n) is 15.6. The van der Waals surface area contributed by atoms with Crippen molar-refractivity contribution >= 4 is 24.0 Å². The number of rotatable bonds is 3. The standard InChI is InChI=1S/C22H18N4O3/c27-21-20-17-8-6-15-12-24-16(7-3-13-1-4-14(5-2-13)22(28)29)11-18(15)19(17)25-26(20)10-9-23-21/h1-5,7,11-12H,6,8-10H2,(H,23,27)(H,28,29)/b7-3+. The maximum Gasteiger partial charge on any atom is 0.335 e. The first-order valence-electron chi connectivity index (χ1n) is 9.49. The van der Waals surface area contributed by atoms with Crippen LogP contribution in [0, 0.1) is 0 Å². The minimum atomic E-state index is -0.941. The molecule has 0 spiro atoms. The Labute approximate surface area is 166 Å². The van der Waals surface area contributed by atoms with Crippen molar-refractivity contribution in [2.24, 2.45) is 0 Å². The van der Waals surface area contributed by atoms with Gasteiger partial charge in [-0.15, -0.1) is 0 Å². The highest BCUT2D eigenvalue weighted by molar-refractivity contribution is 5.97. The number of nitrogens with one attached hydrogen (secondary N) is 1. The second kappa shape index (κ2) is 6.70. The van der Waals surface area contributed by atoms with Crippen LogP contribution >= 0.6 is 0 Å². The molecule has 3 heterocycles. The zero-order chi connectivity index (χ0) is 20.0. The van der Waals surface area contributed by atoms with E-state index in [9.17, 15) is 9.59 Å². The molecule has 7 heteroatoms. The summed E-state index contributed by atoms with van der Waals surface area (Å²) in [4.78, 5) is 27.8. The van der Waals surface area contributed by atoms with E-state index in [2.05, 4.69) is 10.3 Å². The van der Waals surface area contributed by atoms with E-state index in [-0.39, 0.29) is 11.5 Å². The Morgan fingerprint density at radius 1 is 1.17 bits per heavy atom. The van der Waals surface area contributed by atoms with Crippen molar-refractivity contribution in [3.05, 3.63) is 70.2 Å². The number of nitrogens with zero attached hydrogens (tertiary/aromatic N) is 3. The lowest BCUT2D eigenvalue weighted by molar-refractivity contribution is 0.0696. The molecule has 7 nitrogen and oxygen atoms in total. The second-order valence-electron chi connectivity index (χ2n) is 7.18. The van der Waals surface area contributed by atoms with Gasteiger partial charge in [0.15, 0.2) is 0 Å². The maximum absolute atomic E-state index is 12.3. The van der Waals surface area contributed by atoms with Crippen LogP contribution in [-0.2, 0) is 19.4 Å². The first-order chi connectivity index (χ1) is 14.1. The van der Waals surface area contributed by atoms with Crippen LogP contribution in [0.1, 0.15) is 43.2 Å². The molecule has 0 radical (unpaired) electrons. The van der Waals surface area contributed by atoms with E-state index in [4.69, 9.17) is 10.2 Å². The maximum atomic E-state index is 12.3. The van der Waals surface area contributed by atoms with Crippen LogP contribution in [0.4, 0.5) is 0 Å². The predicted molar refractivity (Wildman–Crippen MR) is 108 cm³/mol. The Kier molecular flexibility index (Phi) is 4.01. The quantitative estimate of drug-likeness (QED) is 0.721. The Hall–Kier alpha value is -3.74. The number of carbonyl (C=O) groups excluding carboxylic acids is 1. The number of carboxylic acid groups (broad SMARTS) is 1. The lowest BCUT2D eigenvalue weighted by Gasteiger charge is -2.17. The molecule has 5 rings (SSSR count). The molecule has 1 aliphatic carbocycles. The van der Waals surface area contributed by atoms with Gasteiger partial charge in [0.2, 0.25) is 0 Å². The van der Waals surface area contributed by atoms with Crippen LogP contribution in [0.3, 0.4) is 0 Å². The predicted octanol–water partition coefficient (Wildman–Crippen LogP) is 2.66. The van der Waals surface area contributed by atoms with Crippen LogP contribution in [0.15, 0.2) is 36.5 Å². The van der Waals surface area contributed by atoms with Crippen LogP contribution in [0.2, 0.25) is 0 Å². The molecular weight excluding hydrogens is 368 g/mol. The fourth-order valence-electron chi connectivity index (χ4n) is 3.92. The number of aromatic carboxylic acids is 1.